The molecule has 0 aromatic carbocycles. The lowest BCUT2D eigenvalue weighted by Crippen LogP contribution is -2.39. The second-order valence-electron chi connectivity index (χ2n) is 8.19. The minimum absolute atomic E-state index is 0.00514. The number of amides is 2. The molecule has 1 fully saturated rings. The number of carbonyl (C=O) groups excluding carboxylic acids is 2. The number of nitrogens with zero attached hydrogens (tertiary/aromatic N) is 1. The van der Waals surface area contributed by atoms with Crippen molar-refractivity contribution in [2.45, 2.75) is 123 Å². The molecule has 0 aromatic rings. The Hall–Kier alpha value is -0.900. The lowest BCUT2D eigenvalue weighted by molar-refractivity contribution is -0.138. The molecular formula is C23H44N2O2. The molecular weight excluding hydrogens is 336 g/mol. The Morgan fingerprint density at radius 3 is 1.78 bits per heavy atom. The fraction of sp³-hybridized carbons (Fsp3) is 0.913. The van der Waals surface area contributed by atoms with Crippen LogP contribution in [-0.2, 0) is 9.59 Å². The van der Waals surface area contributed by atoms with E-state index in [9.17, 15) is 9.59 Å². The highest BCUT2D eigenvalue weighted by Gasteiger charge is 2.37. The summed E-state index contributed by atoms with van der Waals surface area (Å²) < 4.78 is 0. The van der Waals surface area contributed by atoms with Crippen LogP contribution in [0.1, 0.15) is 117 Å². The number of likely N-dealkylation sites (tertiary alicyclic amines) is 1. The van der Waals surface area contributed by atoms with Gasteiger partial charge in [-0.05, 0) is 19.4 Å². The van der Waals surface area contributed by atoms with Gasteiger partial charge in [0, 0.05) is 6.54 Å². The minimum Gasteiger partial charge on any atom is -0.305 e. The van der Waals surface area contributed by atoms with E-state index in [4.69, 9.17) is 0 Å². The first kappa shape index (κ1) is 24.1. The summed E-state index contributed by atoms with van der Waals surface area (Å²) in [5.74, 6) is 0.0185. The van der Waals surface area contributed by atoms with Gasteiger partial charge in [-0.25, -0.2) is 0 Å². The molecule has 0 aliphatic carbocycles. The van der Waals surface area contributed by atoms with E-state index in [2.05, 4.69) is 19.2 Å². The van der Waals surface area contributed by atoms with Gasteiger partial charge in [0.1, 0.15) is 0 Å². The highest BCUT2D eigenvalue weighted by Crippen LogP contribution is 2.16. The average molecular weight is 381 g/mol. The molecule has 0 aromatic heterocycles. The van der Waals surface area contributed by atoms with Gasteiger partial charge in [-0.2, -0.15) is 0 Å². The third-order valence-electron chi connectivity index (χ3n) is 5.65. The van der Waals surface area contributed by atoms with Crippen molar-refractivity contribution in [3.8, 4) is 0 Å². The van der Waals surface area contributed by atoms with E-state index < -0.39 is 0 Å². The molecule has 0 saturated carbocycles. The number of carbonyl (C=O) groups is 2. The van der Waals surface area contributed by atoms with Gasteiger partial charge in [-0.3, -0.25) is 14.5 Å². The van der Waals surface area contributed by atoms with Gasteiger partial charge in [0.2, 0.25) is 11.8 Å². The van der Waals surface area contributed by atoms with Gasteiger partial charge >= 0.3 is 0 Å². The lowest BCUT2D eigenvalue weighted by Gasteiger charge is -2.15. The van der Waals surface area contributed by atoms with Gasteiger partial charge in [-0.15, -0.1) is 0 Å². The van der Waals surface area contributed by atoms with E-state index in [0.717, 1.165) is 25.8 Å². The van der Waals surface area contributed by atoms with Crippen molar-refractivity contribution in [1.82, 2.24) is 10.2 Å². The molecule has 1 unspecified atom stereocenters. The molecule has 27 heavy (non-hydrogen) atoms. The maximum atomic E-state index is 12.4. The molecule has 1 aliphatic heterocycles. The van der Waals surface area contributed by atoms with E-state index in [1.807, 2.05) is 0 Å². The lowest BCUT2D eigenvalue weighted by atomic mass is 10.1. The van der Waals surface area contributed by atoms with Crippen molar-refractivity contribution in [3.05, 3.63) is 0 Å². The van der Waals surface area contributed by atoms with Crippen LogP contribution in [-0.4, -0.2) is 35.8 Å². The Kier molecular flexibility index (Phi) is 14.4. The van der Waals surface area contributed by atoms with E-state index in [1.165, 1.54) is 81.9 Å². The first-order chi connectivity index (χ1) is 13.2. The standard InChI is InChI=1S/C23H44N2O2/c1-3-5-7-9-11-12-14-16-18-24-21-20-22(26)25(23(21)27)19-17-15-13-10-8-6-4-2/h21,24H,3-20H2,1-2H3. The molecule has 1 N–H and O–H groups in total. The van der Waals surface area contributed by atoms with Crippen molar-refractivity contribution in [1.29, 1.82) is 0 Å². The van der Waals surface area contributed by atoms with Crippen molar-refractivity contribution >= 4 is 11.8 Å². The second kappa shape index (κ2) is 16.1. The molecule has 0 radical (unpaired) electrons. The van der Waals surface area contributed by atoms with E-state index in [0.29, 0.717) is 13.0 Å². The molecule has 158 valence electrons. The second-order valence-corrected chi connectivity index (χ2v) is 8.19. The zero-order valence-electron chi connectivity index (χ0n) is 18.1. The molecule has 1 aliphatic rings. The molecule has 1 saturated heterocycles. The van der Waals surface area contributed by atoms with E-state index in [-0.39, 0.29) is 17.9 Å². The number of nitrogens with one attached hydrogen (secondary N) is 1. The zero-order chi connectivity index (χ0) is 19.7. The fourth-order valence-electron chi connectivity index (χ4n) is 3.84. The summed E-state index contributed by atoms with van der Waals surface area (Å²) in [5, 5.41) is 3.32. The van der Waals surface area contributed by atoms with Gasteiger partial charge in [0.05, 0.1) is 12.5 Å². The summed E-state index contributed by atoms with van der Waals surface area (Å²) in [4.78, 5) is 26.1. The Morgan fingerprint density at radius 2 is 1.22 bits per heavy atom. The number of unbranched alkanes of at least 4 members (excludes halogenated alkanes) is 13. The average Bonchev–Trinajstić information content (AvgIpc) is 2.93. The van der Waals surface area contributed by atoms with Gasteiger partial charge in [0.15, 0.2) is 0 Å². The molecule has 2 amide bonds. The van der Waals surface area contributed by atoms with Crippen LogP contribution in [0.25, 0.3) is 0 Å². The summed E-state index contributed by atoms with van der Waals surface area (Å²) >= 11 is 0. The monoisotopic (exact) mass is 380 g/mol. The number of hydrogen-bond acceptors (Lipinski definition) is 3. The van der Waals surface area contributed by atoms with Crippen LogP contribution >= 0.6 is 0 Å². The smallest absolute Gasteiger partial charge is 0.246 e. The highest BCUT2D eigenvalue weighted by atomic mass is 16.2. The van der Waals surface area contributed by atoms with Crippen molar-refractivity contribution in [3.63, 3.8) is 0 Å². The predicted molar refractivity (Wildman–Crippen MR) is 114 cm³/mol. The first-order valence-corrected chi connectivity index (χ1v) is 11.8. The Morgan fingerprint density at radius 1 is 0.741 bits per heavy atom. The maximum Gasteiger partial charge on any atom is 0.246 e. The van der Waals surface area contributed by atoms with Crippen LogP contribution in [0, 0.1) is 0 Å². The fourth-order valence-corrected chi connectivity index (χ4v) is 3.84. The summed E-state index contributed by atoms with van der Waals surface area (Å²) in [6, 6.07) is -0.272. The molecule has 0 bridgehead atoms. The molecule has 4 nitrogen and oxygen atoms in total. The summed E-state index contributed by atoms with van der Waals surface area (Å²) in [7, 11) is 0. The molecule has 1 heterocycles. The number of hydrogen-bond donors (Lipinski definition) is 1. The van der Waals surface area contributed by atoms with E-state index in [1.54, 1.807) is 0 Å². The molecule has 1 rings (SSSR count). The summed E-state index contributed by atoms with van der Waals surface area (Å²) in [6.45, 7) is 5.94. The Balaban J connectivity index is 2.05. The predicted octanol–water partition coefficient (Wildman–Crippen LogP) is 5.59. The maximum absolute atomic E-state index is 12.4. The minimum atomic E-state index is -0.272. The molecule has 0 spiro atoms. The SMILES string of the molecule is CCCCCCCCCCNC1CC(=O)N(CCCCCCCCC)C1=O. The van der Waals surface area contributed by atoms with Crippen LogP contribution in [0.5, 0.6) is 0 Å². The Bertz CT molecular complexity index is 398. The number of rotatable bonds is 18. The van der Waals surface area contributed by atoms with Crippen LogP contribution in [0.4, 0.5) is 0 Å². The van der Waals surface area contributed by atoms with Crippen molar-refractivity contribution in [2.75, 3.05) is 13.1 Å². The molecule has 4 heteroatoms. The van der Waals surface area contributed by atoms with Crippen LogP contribution in [0.3, 0.4) is 0 Å². The van der Waals surface area contributed by atoms with Crippen LogP contribution in [0.15, 0.2) is 0 Å². The van der Waals surface area contributed by atoms with Gasteiger partial charge in [0.25, 0.3) is 0 Å². The summed E-state index contributed by atoms with van der Waals surface area (Å²) in [6.07, 6.45) is 19.1. The molecule has 1 atom stereocenters. The van der Waals surface area contributed by atoms with E-state index >= 15 is 0 Å². The van der Waals surface area contributed by atoms with Crippen molar-refractivity contribution in [2.24, 2.45) is 0 Å². The topological polar surface area (TPSA) is 49.4 Å². The quantitative estimate of drug-likeness (QED) is 0.249. The summed E-state index contributed by atoms with van der Waals surface area (Å²) in [5.41, 5.74) is 0. The van der Waals surface area contributed by atoms with Crippen molar-refractivity contribution < 1.29 is 9.59 Å². The number of imide groups is 1. The third-order valence-corrected chi connectivity index (χ3v) is 5.65. The normalized spacial score (nSPS) is 17.3. The largest absolute Gasteiger partial charge is 0.305 e. The van der Waals surface area contributed by atoms with Crippen LogP contribution in [0.2, 0.25) is 0 Å². The highest BCUT2D eigenvalue weighted by molar-refractivity contribution is 6.05. The van der Waals surface area contributed by atoms with Crippen LogP contribution < -0.4 is 5.32 Å². The zero-order valence-corrected chi connectivity index (χ0v) is 18.1. The van der Waals surface area contributed by atoms with Gasteiger partial charge < -0.3 is 5.32 Å². The first-order valence-electron chi connectivity index (χ1n) is 11.8. The Labute approximate surface area is 167 Å². The third kappa shape index (κ3) is 10.9. The van der Waals surface area contributed by atoms with Gasteiger partial charge in [-0.1, -0.05) is 97.3 Å².